The fourth-order valence-corrected chi connectivity index (χ4v) is 1.83. The zero-order valence-electron chi connectivity index (χ0n) is 10.9. The van der Waals surface area contributed by atoms with E-state index >= 15 is 0 Å². The van der Waals surface area contributed by atoms with Crippen LogP contribution in [0.3, 0.4) is 0 Å². The number of anilines is 1. The van der Waals surface area contributed by atoms with Gasteiger partial charge in [0.2, 0.25) is 0 Å². The van der Waals surface area contributed by atoms with Gasteiger partial charge < -0.3 is 10.2 Å². The number of nitrogens with zero attached hydrogens (tertiary/aromatic N) is 1. The van der Waals surface area contributed by atoms with Gasteiger partial charge in [0.1, 0.15) is 5.82 Å². The van der Waals surface area contributed by atoms with Gasteiger partial charge in [0.25, 0.3) is 0 Å². The lowest BCUT2D eigenvalue weighted by atomic mass is 10.2. The Kier molecular flexibility index (Phi) is 6.63. The SMILES string of the molecule is CNCCCCCCN(C)c1ccc(F)cc1. The summed E-state index contributed by atoms with van der Waals surface area (Å²) in [6.07, 6.45) is 4.97. The van der Waals surface area contributed by atoms with E-state index in [9.17, 15) is 4.39 Å². The van der Waals surface area contributed by atoms with E-state index in [1.54, 1.807) is 0 Å². The van der Waals surface area contributed by atoms with Crippen LogP contribution in [0.4, 0.5) is 10.1 Å². The minimum absolute atomic E-state index is 0.172. The second-order valence-corrected chi connectivity index (χ2v) is 4.42. The van der Waals surface area contributed by atoms with Gasteiger partial charge in [0.05, 0.1) is 0 Å². The molecule has 0 saturated carbocycles. The Balaban J connectivity index is 2.16. The molecule has 1 aromatic carbocycles. The summed E-state index contributed by atoms with van der Waals surface area (Å²) in [5.74, 6) is -0.172. The topological polar surface area (TPSA) is 15.3 Å². The van der Waals surface area contributed by atoms with Gasteiger partial charge in [-0.3, -0.25) is 0 Å². The molecule has 0 bridgehead atoms. The van der Waals surface area contributed by atoms with Crippen LogP contribution in [0.1, 0.15) is 25.7 Å². The zero-order chi connectivity index (χ0) is 12.5. The van der Waals surface area contributed by atoms with Crippen LogP contribution in [0.15, 0.2) is 24.3 Å². The normalized spacial score (nSPS) is 10.5. The average molecular weight is 238 g/mol. The Bertz CT molecular complexity index is 298. The third-order valence-electron chi connectivity index (χ3n) is 2.94. The van der Waals surface area contributed by atoms with E-state index in [0.717, 1.165) is 18.8 Å². The van der Waals surface area contributed by atoms with Crippen molar-refractivity contribution in [3.63, 3.8) is 0 Å². The van der Waals surface area contributed by atoms with Crippen LogP contribution >= 0.6 is 0 Å². The number of benzene rings is 1. The lowest BCUT2D eigenvalue weighted by Crippen LogP contribution is -2.18. The minimum Gasteiger partial charge on any atom is -0.375 e. The molecule has 0 saturated heterocycles. The lowest BCUT2D eigenvalue weighted by molar-refractivity contribution is 0.614. The second kappa shape index (κ2) is 8.07. The van der Waals surface area contributed by atoms with Crippen LogP contribution in [0, 0.1) is 5.82 Å². The van der Waals surface area contributed by atoms with Crippen LogP contribution in [-0.2, 0) is 0 Å². The molecule has 0 atom stereocenters. The largest absolute Gasteiger partial charge is 0.375 e. The van der Waals surface area contributed by atoms with Crippen LogP contribution in [0.25, 0.3) is 0 Å². The fraction of sp³-hybridized carbons (Fsp3) is 0.571. The molecule has 0 amide bonds. The summed E-state index contributed by atoms with van der Waals surface area (Å²) in [6, 6.07) is 6.68. The second-order valence-electron chi connectivity index (χ2n) is 4.42. The highest BCUT2D eigenvalue weighted by molar-refractivity contribution is 5.45. The molecule has 0 unspecified atom stereocenters. The Labute approximate surface area is 104 Å². The van der Waals surface area contributed by atoms with Gasteiger partial charge in [-0.15, -0.1) is 0 Å². The fourth-order valence-electron chi connectivity index (χ4n) is 1.83. The van der Waals surface area contributed by atoms with E-state index in [2.05, 4.69) is 17.3 Å². The van der Waals surface area contributed by atoms with E-state index in [1.807, 2.05) is 19.2 Å². The molecule has 1 aromatic rings. The van der Waals surface area contributed by atoms with Gasteiger partial charge in [-0.1, -0.05) is 12.8 Å². The van der Waals surface area contributed by atoms with Gasteiger partial charge in [-0.2, -0.15) is 0 Å². The maximum absolute atomic E-state index is 12.8. The van der Waals surface area contributed by atoms with Crippen molar-refractivity contribution >= 4 is 5.69 Å². The Morgan fingerprint density at radius 1 is 1.06 bits per heavy atom. The molecule has 0 aliphatic heterocycles. The van der Waals surface area contributed by atoms with Crippen molar-refractivity contribution in [3.8, 4) is 0 Å². The molecule has 3 heteroatoms. The minimum atomic E-state index is -0.172. The van der Waals surface area contributed by atoms with Crippen molar-refractivity contribution in [2.45, 2.75) is 25.7 Å². The van der Waals surface area contributed by atoms with E-state index in [1.165, 1.54) is 37.8 Å². The van der Waals surface area contributed by atoms with Crippen LogP contribution < -0.4 is 10.2 Å². The van der Waals surface area contributed by atoms with Gasteiger partial charge in [-0.05, 0) is 50.7 Å². The maximum atomic E-state index is 12.8. The summed E-state index contributed by atoms with van der Waals surface area (Å²) < 4.78 is 12.8. The maximum Gasteiger partial charge on any atom is 0.123 e. The zero-order valence-corrected chi connectivity index (χ0v) is 10.9. The molecule has 0 aromatic heterocycles. The number of unbranched alkanes of at least 4 members (excludes halogenated alkanes) is 3. The summed E-state index contributed by atoms with van der Waals surface area (Å²) in [5.41, 5.74) is 1.08. The highest BCUT2D eigenvalue weighted by atomic mass is 19.1. The van der Waals surface area contributed by atoms with E-state index in [4.69, 9.17) is 0 Å². The number of halogens is 1. The number of hydrogen-bond acceptors (Lipinski definition) is 2. The summed E-state index contributed by atoms with van der Waals surface area (Å²) in [4.78, 5) is 2.18. The van der Waals surface area contributed by atoms with Crippen LogP contribution in [-0.4, -0.2) is 27.2 Å². The van der Waals surface area contributed by atoms with Crippen molar-refractivity contribution < 1.29 is 4.39 Å². The highest BCUT2D eigenvalue weighted by Crippen LogP contribution is 2.13. The van der Waals surface area contributed by atoms with Gasteiger partial charge >= 0.3 is 0 Å². The third-order valence-corrected chi connectivity index (χ3v) is 2.94. The Morgan fingerprint density at radius 3 is 2.35 bits per heavy atom. The summed E-state index contributed by atoms with van der Waals surface area (Å²) in [5, 5.41) is 3.15. The first-order chi connectivity index (χ1) is 8.24. The molecule has 17 heavy (non-hydrogen) atoms. The highest BCUT2D eigenvalue weighted by Gasteiger charge is 2.00. The van der Waals surface area contributed by atoms with Crippen molar-refractivity contribution in [2.24, 2.45) is 0 Å². The molecule has 0 spiro atoms. The first kappa shape index (κ1) is 14.0. The predicted molar refractivity (Wildman–Crippen MR) is 72.1 cm³/mol. The molecule has 0 heterocycles. The molecular formula is C14H23FN2. The molecule has 0 fully saturated rings. The number of hydrogen-bond donors (Lipinski definition) is 1. The van der Waals surface area contributed by atoms with Crippen molar-refractivity contribution in [2.75, 3.05) is 32.1 Å². The first-order valence-electron chi connectivity index (χ1n) is 6.35. The Morgan fingerprint density at radius 2 is 1.71 bits per heavy atom. The van der Waals surface area contributed by atoms with Crippen molar-refractivity contribution in [1.29, 1.82) is 0 Å². The quantitative estimate of drug-likeness (QED) is 0.700. The van der Waals surface area contributed by atoms with E-state index in [-0.39, 0.29) is 5.82 Å². The van der Waals surface area contributed by atoms with Gasteiger partial charge in [0, 0.05) is 19.3 Å². The standard InChI is InChI=1S/C14H23FN2/c1-16-11-5-3-4-6-12-17(2)14-9-7-13(15)8-10-14/h7-10,16H,3-6,11-12H2,1-2H3. The smallest absolute Gasteiger partial charge is 0.123 e. The van der Waals surface area contributed by atoms with Crippen LogP contribution in [0.2, 0.25) is 0 Å². The molecule has 1 N–H and O–H groups in total. The monoisotopic (exact) mass is 238 g/mol. The molecule has 0 aliphatic rings. The van der Waals surface area contributed by atoms with Gasteiger partial charge in [-0.25, -0.2) is 4.39 Å². The number of rotatable bonds is 8. The molecule has 0 radical (unpaired) electrons. The summed E-state index contributed by atoms with van der Waals surface area (Å²) >= 11 is 0. The molecular weight excluding hydrogens is 215 g/mol. The summed E-state index contributed by atoms with van der Waals surface area (Å²) in [6.45, 7) is 2.14. The third kappa shape index (κ3) is 5.68. The average Bonchev–Trinajstić information content (AvgIpc) is 2.34. The van der Waals surface area contributed by atoms with Crippen molar-refractivity contribution in [1.82, 2.24) is 5.32 Å². The van der Waals surface area contributed by atoms with Crippen LogP contribution in [0.5, 0.6) is 0 Å². The van der Waals surface area contributed by atoms with Gasteiger partial charge in [0.15, 0.2) is 0 Å². The van der Waals surface area contributed by atoms with Crippen molar-refractivity contribution in [3.05, 3.63) is 30.1 Å². The molecule has 2 nitrogen and oxygen atoms in total. The first-order valence-corrected chi connectivity index (χ1v) is 6.35. The number of nitrogens with one attached hydrogen (secondary N) is 1. The molecule has 1 rings (SSSR count). The molecule has 0 aliphatic carbocycles. The van der Waals surface area contributed by atoms with E-state index < -0.39 is 0 Å². The summed E-state index contributed by atoms with van der Waals surface area (Å²) in [7, 11) is 4.04. The van der Waals surface area contributed by atoms with E-state index in [0.29, 0.717) is 0 Å². The lowest BCUT2D eigenvalue weighted by Gasteiger charge is -2.19. The molecule has 96 valence electrons. The Hall–Kier alpha value is -1.09. The predicted octanol–water partition coefficient (Wildman–Crippen LogP) is 3.04.